The molecule has 2 N–H and O–H groups in total. The molecule has 2 rings (SSSR count). The van der Waals surface area contributed by atoms with E-state index >= 15 is 0 Å². The summed E-state index contributed by atoms with van der Waals surface area (Å²) in [5.41, 5.74) is 0.364. The molecule has 1 atom stereocenters. The summed E-state index contributed by atoms with van der Waals surface area (Å²) in [6.07, 6.45) is 5.01. The van der Waals surface area contributed by atoms with Crippen molar-refractivity contribution in [2.24, 2.45) is 5.92 Å². The average Bonchev–Trinajstić information content (AvgIpc) is 3.23. The molecule has 1 saturated carbocycles. The molecule has 1 heterocycles. The van der Waals surface area contributed by atoms with Crippen LogP contribution in [-0.2, 0) is 0 Å². The molecule has 0 aliphatic heterocycles. The zero-order valence-electron chi connectivity index (χ0n) is 11.6. The Morgan fingerprint density at radius 1 is 1.37 bits per heavy atom. The van der Waals surface area contributed by atoms with Crippen LogP contribution in [0.3, 0.4) is 0 Å². The third-order valence-electron chi connectivity index (χ3n) is 3.39. The largest absolute Gasteiger partial charge is 0.366 e. The number of nitrogens with zero attached hydrogens (tertiary/aromatic N) is 2. The van der Waals surface area contributed by atoms with Crippen LogP contribution in [0, 0.1) is 5.92 Å². The second-order valence-electron chi connectivity index (χ2n) is 5.09. The van der Waals surface area contributed by atoms with Crippen LogP contribution in [0.5, 0.6) is 0 Å². The highest BCUT2D eigenvalue weighted by atomic mass is 16.1. The number of amides is 1. The number of rotatable bonds is 7. The van der Waals surface area contributed by atoms with Crippen molar-refractivity contribution in [3.05, 3.63) is 17.8 Å². The molecule has 0 spiro atoms. The van der Waals surface area contributed by atoms with Crippen LogP contribution < -0.4 is 10.6 Å². The Labute approximate surface area is 114 Å². The van der Waals surface area contributed by atoms with Crippen molar-refractivity contribution in [1.29, 1.82) is 0 Å². The summed E-state index contributed by atoms with van der Waals surface area (Å²) in [5.74, 6) is 1.46. The van der Waals surface area contributed by atoms with Crippen molar-refractivity contribution in [3.8, 4) is 0 Å². The summed E-state index contributed by atoms with van der Waals surface area (Å²) >= 11 is 0. The lowest BCUT2D eigenvalue weighted by Crippen LogP contribution is -2.24. The van der Waals surface area contributed by atoms with Crippen LogP contribution in [0.2, 0.25) is 0 Å². The first-order chi connectivity index (χ1) is 9.22. The third kappa shape index (κ3) is 4.19. The molecule has 104 valence electrons. The van der Waals surface area contributed by atoms with Crippen molar-refractivity contribution in [1.82, 2.24) is 15.5 Å². The smallest absolute Gasteiger partial charge is 0.271 e. The van der Waals surface area contributed by atoms with E-state index in [9.17, 15) is 4.79 Å². The topological polar surface area (TPSA) is 66.9 Å². The predicted molar refractivity (Wildman–Crippen MR) is 75.1 cm³/mol. The standard InChI is InChI=1S/C14H22N4O/c1-3-11(9-10-5-6-10)16-13-8-7-12(17-18-13)14(19)15-4-2/h7-8,10-11H,3-6,9H2,1-2H3,(H,15,19)(H,16,18). The van der Waals surface area contributed by atoms with Gasteiger partial charge < -0.3 is 10.6 Å². The molecule has 1 aliphatic carbocycles. The molecular weight excluding hydrogens is 240 g/mol. The number of hydrogen-bond donors (Lipinski definition) is 2. The van der Waals surface area contributed by atoms with Gasteiger partial charge in [0.25, 0.3) is 5.91 Å². The summed E-state index contributed by atoms with van der Waals surface area (Å²) in [7, 11) is 0. The van der Waals surface area contributed by atoms with Crippen molar-refractivity contribution >= 4 is 11.7 Å². The van der Waals surface area contributed by atoms with E-state index in [-0.39, 0.29) is 5.91 Å². The maximum Gasteiger partial charge on any atom is 0.271 e. The summed E-state index contributed by atoms with van der Waals surface area (Å²) in [4.78, 5) is 11.6. The number of aromatic nitrogens is 2. The average molecular weight is 262 g/mol. The summed E-state index contributed by atoms with van der Waals surface area (Å²) < 4.78 is 0. The Balaban J connectivity index is 1.91. The number of nitrogens with one attached hydrogen (secondary N) is 2. The van der Waals surface area contributed by atoms with Gasteiger partial charge in [-0.05, 0) is 37.8 Å². The van der Waals surface area contributed by atoms with Gasteiger partial charge in [-0.25, -0.2) is 0 Å². The Hall–Kier alpha value is -1.65. The minimum absolute atomic E-state index is 0.174. The van der Waals surface area contributed by atoms with E-state index in [0.29, 0.717) is 18.3 Å². The monoisotopic (exact) mass is 262 g/mol. The van der Waals surface area contributed by atoms with Crippen LogP contribution in [-0.4, -0.2) is 28.7 Å². The van der Waals surface area contributed by atoms with Gasteiger partial charge in [-0.15, -0.1) is 10.2 Å². The fourth-order valence-electron chi connectivity index (χ4n) is 2.07. The van der Waals surface area contributed by atoms with Crippen molar-refractivity contribution in [2.75, 3.05) is 11.9 Å². The van der Waals surface area contributed by atoms with Crippen molar-refractivity contribution < 1.29 is 4.79 Å². The van der Waals surface area contributed by atoms with Gasteiger partial charge in [-0.1, -0.05) is 19.8 Å². The summed E-state index contributed by atoms with van der Waals surface area (Å²) in [5, 5.41) is 14.1. The molecule has 0 saturated heterocycles. The Morgan fingerprint density at radius 2 is 2.16 bits per heavy atom. The number of carbonyl (C=O) groups excluding carboxylic acids is 1. The van der Waals surface area contributed by atoms with Gasteiger partial charge in [0, 0.05) is 12.6 Å². The first kappa shape index (κ1) is 13.8. The molecular formula is C14H22N4O. The van der Waals surface area contributed by atoms with Crippen LogP contribution in [0.25, 0.3) is 0 Å². The summed E-state index contributed by atoms with van der Waals surface area (Å²) in [6, 6.07) is 3.99. The highest BCUT2D eigenvalue weighted by molar-refractivity contribution is 5.92. The van der Waals surface area contributed by atoms with E-state index in [4.69, 9.17) is 0 Å². The Morgan fingerprint density at radius 3 is 2.68 bits per heavy atom. The van der Waals surface area contributed by atoms with Gasteiger partial charge in [0.1, 0.15) is 5.82 Å². The highest BCUT2D eigenvalue weighted by Gasteiger charge is 2.24. The normalized spacial score (nSPS) is 15.9. The molecule has 0 bridgehead atoms. The SMILES string of the molecule is CCNC(=O)c1ccc(NC(CC)CC2CC2)nn1. The van der Waals surface area contributed by atoms with E-state index in [1.165, 1.54) is 19.3 Å². The fraction of sp³-hybridized carbons (Fsp3) is 0.643. The minimum atomic E-state index is -0.174. The van der Waals surface area contributed by atoms with Crippen molar-refractivity contribution in [2.45, 2.75) is 45.6 Å². The zero-order chi connectivity index (χ0) is 13.7. The van der Waals surface area contributed by atoms with Crippen LogP contribution in [0.4, 0.5) is 5.82 Å². The van der Waals surface area contributed by atoms with Crippen LogP contribution in [0.15, 0.2) is 12.1 Å². The second kappa shape index (κ2) is 6.50. The lowest BCUT2D eigenvalue weighted by molar-refractivity contribution is 0.0950. The lowest BCUT2D eigenvalue weighted by atomic mass is 10.1. The van der Waals surface area contributed by atoms with E-state index in [1.807, 2.05) is 13.0 Å². The number of carbonyl (C=O) groups is 1. The molecule has 1 aliphatic rings. The molecule has 5 heteroatoms. The molecule has 19 heavy (non-hydrogen) atoms. The van der Waals surface area contributed by atoms with Gasteiger partial charge in [0.2, 0.25) is 0 Å². The van der Waals surface area contributed by atoms with E-state index < -0.39 is 0 Å². The quantitative estimate of drug-likeness (QED) is 0.790. The molecule has 0 radical (unpaired) electrons. The zero-order valence-corrected chi connectivity index (χ0v) is 11.6. The second-order valence-corrected chi connectivity index (χ2v) is 5.09. The van der Waals surface area contributed by atoms with Gasteiger partial charge in [-0.3, -0.25) is 4.79 Å². The van der Waals surface area contributed by atoms with Crippen LogP contribution in [0.1, 0.15) is 50.0 Å². The van der Waals surface area contributed by atoms with E-state index in [0.717, 1.165) is 18.2 Å². The molecule has 1 unspecified atom stereocenters. The van der Waals surface area contributed by atoms with E-state index in [2.05, 4.69) is 27.8 Å². The van der Waals surface area contributed by atoms with Gasteiger partial charge in [0.15, 0.2) is 5.69 Å². The van der Waals surface area contributed by atoms with Gasteiger partial charge >= 0.3 is 0 Å². The first-order valence-corrected chi connectivity index (χ1v) is 7.11. The van der Waals surface area contributed by atoms with Gasteiger partial charge in [-0.2, -0.15) is 0 Å². The fourth-order valence-corrected chi connectivity index (χ4v) is 2.07. The third-order valence-corrected chi connectivity index (χ3v) is 3.39. The molecule has 0 aromatic carbocycles. The lowest BCUT2D eigenvalue weighted by Gasteiger charge is -2.16. The van der Waals surface area contributed by atoms with E-state index in [1.54, 1.807) is 6.07 Å². The molecule has 1 fully saturated rings. The molecule has 1 aromatic heterocycles. The van der Waals surface area contributed by atoms with Crippen molar-refractivity contribution in [3.63, 3.8) is 0 Å². The first-order valence-electron chi connectivity index (χ1n) is 7.11. The maximum atomic E-state index is 11.6. The number of hydrogen-bond acceptors (Lipinski definition) is 4. The highest BCUT2D eigenvalue weighted by Crippen LogP contribution is 2.34. The Kier molecular flexibility index (Phi) is 4.71. The number of anilines is 1. The Bertz CT molecular complexity index is 414. The molecule has 5 nitrogen and oxygen atoms in total. The molecule has 1 aromatic rings. The summed E-state index contributed by atoms with van der Waals surface area (Å²) in [6.45, 7) is 4.65. The maximum absolute atomic E-state index is 11.6. The minimum Gasteiger partial charge on any atom is -0.366 e. The van der Waals surface area contributed by atoms with Crippen LogP contribution >= 0.6 is 0 Å². The molecule has 1 amide bonds. The van der Waals surface area contributed by atoms with Gasteiger partial charge in [0.05, 0.1) is 0 Å². The predicted octanol–water partition coefficient (Wildman–Crippen LogP) is 2.22.